The molecule has 1 aromatic carbocycles. The highest BCUT2D eigenvalue weighted by molar-refractivity contribution is 6.35. The zero-order valence-corrected chi connectivity index (χ0v) is 10.1. The van der Waals surface area contributed by atoms with Crippen molar-refractivity contribution in [2.45, 2.75) is 12.0 Å². The lowest BCUT2D eigenvalue weighted by Gasteiger charge is -2.16. The van der Waals surface area contributed by atoms with Crippen molar-refractivity contribution >= 4 is 23.2 Å². The number of likely N-dealkylation sites (tertiary alicyclic amines) is 1. The Bertz CT molecular complexity index is 368. The number of hydrogen-bond acceptors (Lipinski definition) is 2. The predicted octanol–water partition coefficient (Wildman–Crippen LogP) is 2.35. The largest absolute Gasteiger partial charge is 0.326 e. The minimum absolute atomic E-state index is 0.161. The van der Waals surface area contributed by atoms with Crippen molar-refractivity contribution in [1.29, 1.82) is 0 Å². The van der Waals surface area contributed by atoms with E-state index in [2.05, 4.69) is 11.9 Å². The van der Waals surface area contributed by atoms with Gasteiger partial charge in [0, 0.05) is 35.1 Å². The Morgan fingerprint density at radius 1 is 1.33 bits per heavy atom. The molecule has 1 aliphatic rings. The van der Waals surface area contributed by atoms with Crippen molar-refractivity contribution in [2.24, 2.45) is 5.73 Å². The second kappa shape index (κ2) is 4.30. The van der Waals surface area contributed by atoms with Crippen LogP contribution in [0.5, 0.6) is 0 Å². The first-order valence-electron chi connectivity index (χ1n) is 4.97. The number of benzene rings is 1. The van der Waals surface area contributed by atoms with Crippen LogP contribution in [0.3, 0.4) is 0 Å². The lowest BCUT2D eigenvalue weighted by atomic mass is 9.95. The summed E-state index contributed by atoms with van der Waals surface area (Å²) in [6.07, 6.45) is 0. The van der Waals surface area contributed by atoms with E-state index in [-0.39, 0.29) is 6.04 Å². The van der Waals surface area contributed by atoms with E-state index in [4.69, 9.17) is 28.9 Å². The summed E-state index contributed by atoms with van der Waals surface area (Å²) in [5.74, 6) is 0.319. The van der Waals surface area contributed by atoms with Crippen LogP contribution in [0.1, 0.15) is 11.5 Å². The molecule has 0 radical (unpaired) electrons. The van der Waals surface area contributed by atoms with E-state index in [0.29, 0.717) is 10.9 Å². The highest BCUT2D eigenvalue weighted by Gasteiger charge is 2.30. The van der Waals surface area contributed by atoms with E-state index >= 15 is 0 Å². The van der Waals surface area contributed by atoms with Crippen LogP contribution < -0.4 is 5.73 Å². The van der Waals surface area contributed by atoms with Crippen molar-refractivity contribution in [3.63, 3.8) is 0 Å². The van der Waals surface area contributed by atoms with E-state index in [9.17, 15) is 0 Å². The fourth-order valence-electron chi connectivity index (χ4n) is 2.16. The van der Waals surface area contributed by atoms with Crippen LogP contribution in [0.25, 0.3) is 0 Å². The summed E-state index contributed by atoms with van der Waals surface area (Å²) in [5, 5.41) is 1.39. The second-order valence-corrected chi connectivity index (χ2v) is 5.00. The molecular weight excluding hydrogens is 231 g/mol. The summed E-state index contributed by atoms with van der Waals surface area (Å²) in [4.78, 5) is 2.22. The maximum Gasteiger partial charge on any atom is 0.0456 e. The normalized spacial score (nSPS) is 27.2. The fourth-order valence-corrected chi connectivity index (χ4v) is 2.71. The van der Waals surface area contributed by atoms with E-state index in [1.54, 1.807) is 6.07 Å². The average Bonchev–Trinajstić information content (AvgIpc) is 2.45. The van der Waals surface area contributed by atoms with Crippen LogP contribution in [0, 0.1) is 0 Å². The van der Waals surface area contributed by atoms with Crippen LogP contribution in [0.2, 0.25) is 10.0 Å². The summed E-state index contributed by atoms with van der Waals surface area (Å²) in [5.41, 5.74) is 7.18. The van der Waals surface area contributed by atoms with Crippen molar-refractivity contribution in [3.8, 4) is 0 Å². The zero-order valence-electron chi connectivity index (χ0n) is 8.58. The van der Waals surface area contributed by atoms with Crippen LogP contribution in [-0.2, 0) is 0 Å². The molecule has 0 bridgehead atoms. The molecule has 1 fully saturated rings. The quantitative estimate of drug-likeness (QED) is 0.822. The van der Waals surface area contributed by atoms with E-state index in [0.717, 1.165) is 23.7 Å². The minimum atomic E-state index is 0.161. The van der Waals surface area contributed by atoms with Gasteiger partial charge in [-0.25, -0.2) is 0 Å². The first kappa shape index (κ1) is 11.2. The Morgan fingerprint density at radius 3 is 2.60 bits per heavy atom. The van der Waals surface area contributed by atoms with Gasteiger partial charge in [0.2, 0.25) is 0 Å². The number of nitrogens with zero attached hydrogens (tertiary/aromatic N) is 1. The standard InChI is InChI=1S/C11H14Cl2N2/c1-15-5-9(11(14)6-15)8-3-2-7(12)4-10(8)13/h2-4,9,11H,5-6,14H2,1H3/t9-,11+/m1/s1. The molecule has 2 nitrogen and oxygen atoms in total. The highest BCUT2D eigenvalue weighted by atomic mass is 35.5. The highest BCUT2D eigenvalue weighted by Crippen LogP contribution is 2.32. The first-order chi connectivity index (χ1) is 7.08. The molecule has 2 N–H and O–H groups in total. The molecule has 4 heteroatoms. The maximum atomic E-state index is 6.16. The molecule has 0 spiro atoms. The molecule has 1 aromatic rings. The number of halogens is 2. The molecule has 0 amide bonds. The third-order valence-corrected chi connectivity index (χ3v) is 3.47. The van der Waals surface area contributed by atoms with Crippen molar-refractivity contribution < 1.29 is 0 Å². The zero-order chi connectivity index (χ0) is 11.0. The topological polar surface area (TPSA) is 29.3 Å². The summed E-state index contributed by atoms with van der Waals surface area (Å²) in [6.45, 7) is 1.88. The summed E-state index contributed by atoms with van der Waals surface area (Å²) < 4.78 is 0. The van der Waals surface area contributed by atoms with E-state index in [1.165, 1.54) is 0 Å². The van der Waals surface area contributed by atoms with Crippen molar-refractivity contribution in [1.82, 2.24) is 4.90 Å². The van der Waals surface area contributed by atoms with E-state index < -0.39 is 0 Å². The van der Waals surface area contributed by atoms with Gasteiger partial charge in [0.15, 0.2) is 0 Å². The van der Waals surface area contributed by atoms with Crippen LogP contribution in [-0.4, -0.2) is 31.1 Å². The van der Waals surface area contributed by atoms with Crippen molar-refractivity contribution in [3.05, 3.63) is 33.8 Å². The third kappa shape index (κ3) is 2.28. The smallest absolute Gasteiger partial charge is 0.0456 e. The van der Waals surface area contributed by atoms with Crippen molar-refractivity contribution in [2.75, 3.05) is 20.1 Å². The molecule has 2 rings (SSSR count). The maximum absolute atomic E-state index is 6.16. The van der Waals surface area contributed by atoms with Gasteiger partial charge in [-0.2, -0.15) is 0 Å². The molecule has 1 saturated heterocycles. The molecule has 82 valence electrons. The van der Waals surface area contributed by atoms with Crippen LogP contribution in [0.15, 0.2) is 18.2 Å². The van der Waals surface area contributed by atoms with Gasteiger partial charge in [-0.1, -0.05) is 29.3 Å². The number of hydrogen-bond donors (Lipinski definition) is 1. The Kier molecular flexibility index (Phi) is 3.21. The van der Waals surface area contributed by atoms with Gasteiger partial charge in [0.05, 0.1) is 0 Å². The summed E-state index contributed by atoms with van der Waals surface area (Å²) >= 11 is 12.0. The molecule has 1 aliphatic heterocycles. The molecule has 2 atom stereocenters. The number of likely N-dealkylation sites (N-methyl/N-ethyl adjacent to an activating group) is 1. The third-order valence-electron chi connectivity index (χ3n) is 2.91. The van der Waals surface area contributed by atoms with Gasteiger partial charge in [-0.15, -0.1) is 0 Å². The molecular formula is C11H14Cl2N2. The molecule has 0 aliphatic carbocycles. The van der Waals surface area contributed by atoms with Crippen LogP contribution >= 0.6 is 23.2 Å². The Morgan fingerprint density at radius 2 is 2.07 bits per heavy atom. The first-order valence-corrected chi connectivity index (χ1v) is 5.72. The number of nitrogens with two attached hydrogens (primary N) is 1. The predicted molar refractivity (Wildman–Crippen MR) is 64.7 cm³/mol. The Hall–Kier alpha value is -0.280. The van der Waals surface area contributed by atoms with Gasteiger partial charge in [0.25, 0.3) is 0 Å². The monoisotopic (exact) mass is 244 g/mol. The summed E-state index contributed by atoms with van der Waals surface area (Å²) in [6, 6.07) is 5.79. The molecule has 0 unspecified atom stereocenters. The van der Waals surface area contributed by atoms with Gasteiger partial charge >= 0.3 is 0 Å². The molecule has 1 heterocycles. The van der Waals surface area contributed by atoms with Gasteiger partial charge in [-0.3, -0.25) is 0 Å². The second-order valence-electron chi connectivity index (χ2n) is 4.16. The fraction of sp³-hybridized carbons (Fsp3) is 0.455. The van der Waals surface area contributed by atoms with Gasteiger partial charge in [0.1, 0.15) is 0 Å². The van der Waals surface area contributed by atoms with Gasteiger partial charge < -0.3 is 10.6 Å². The molecule has 0 saturated carbocycles. The molecule has 0 aromatic heterocycles. The van der Waals surface area contributed by atoms with E-state index in [1.807, 2.05) is 12.1 Å². The SMILES string of the molecule is CN1C[C@H](c2ccc(Cl)cc2Cl)[C@@H](N)C1. The average molecular weight is 245 g/mol. The lowest BCUT2D eigenvalue weighted by Crippen LogP contribution is -2.28. The lowest BCUT2D eigenvalue weighted by molar-refractivity contribution is 0.407. The molecule has 15 heavy (non-hydrogen) atoms. The summed E-state index contributed by atoms with van der Waals surface area (Å²) in [7, 11) is 2.07. The number of rotatable bonds is 1. The Labute approximate surface area is 100.0 Å². The van der Waals surface area contributed by atoms with Crippen LogP contribution in [0.4, 0.5) is 0 Å². The van der Waals surface area contributed by atoms with Gasteiger partial charge in [-0.05, 0) is 24.7 Å². The minimum Gasteiger partial charge on any atom is -0.326 e. The Balaban J connectivity index is 2.29.